The number of halogens is 3. The lowest BCUT2D eigenvalue weighted by atomic mass is 9.94. The van der Waals surface area contributed by atoms with E-state index in [1.807, 2.05) is 31.2 Å². The third-order valence-corrected chi connectivity index (χ3v) is 4.26. The molecule has 0 atom stereocenters. The highest BCUT2D eigenvalue weighted by atomic mass is 19.4. The van der Waals surface area contributed by atoms with E-state index in [-0.39, 0.29) is 6.54 Å². The van der Waals surface area contributed by atoms with Crippen LogP contribution in [0.4, 0.5) is 18.0 Å². The molecule has 1 aliphatic carbocycles. The van der Waals surface area contributed by atoms with Crippen molar-refractivity contribution in [3.05, 3.63) is 70.3 Å². The summed E-state index contributed by atoms with van der Waals surface area (Å²) in [7, 11) is 0. The quantitative estimate of drug-likeness (QED) is 0.810. The van der Waals surface area contributed by atoms with Gasteiger partial charge in [-0.2, -0.15) is 13.2 Å². The number of carbonyl (C=O) groups is 1. The maximum absolute atomic E-state index is 12.6. The first-order valence-electron chi connectivity index (χ1n) is 8.25. The highest BCUT2D eigenvalue weighted by Crippen LogP contribution is 2.32. The molecule has 1 aliphatic rings. The fraction of sp³-hybridized carbons (Fsp3) is 0.250. The van der Waals surface area contributed by atoms with Crippen LogP contribution in [0.5, 0.6) is 5.75 Å². The van der Waals surface area contributed by atoms with Gasteiger partial charge < -0.3 is 10.1 Å². The molecule has 1 N–H and O–H groups in total. The Morgan fingerprint density at radius 1 is 1.15 bits per heavy atom. The van der Waals surface area contributed by atoms with Gasteiger partial charge in [-0.15, -0.1) is 0 Å². The zero-order valence-electron chi connectivity index (χ0n) is 14.2. The molecule has 0 heterocycles. The Labute approximate surface area is 149 Å². The zero-order chi connectivity index (χ0) is 18.7. The van der Waals surface area contributed by atoms with Gasteiger partial charge >= 0.3 is 12.3 Å². The average molecular weight is 361 g/mol. The Bertz CT molecular complexity index is 839. The minimum atomic E-state index is -4.37. The van der Waals surface area contributed by atoms with Gasteiger partial charge in [0.05, 0.1) is 5.56 Å². The van der Waals surface area contributed by atoms with Crippen molar-refractivity contribution in [1.29, 1.82) is 0 Å². The normalized spacial score (nSPS) is 13.2. The maximum atomic E-state index is 12.6. The number of hydrogen-bond acceptors (Lipinski definition) is 2. The number of benzene rings is 2. The Kier molecular flexibility index (Phi) is 5.02. The second kappa shape index (κ2) is 7.23. The minimum Gasteiger partial charge on any atom is -0.409 e. The Balaban J connectivity index is 1.65. The summed E-state index contributed by atoms with van der Waals surface area (Å²) in [5, 5.41) is 2.57. The molecule has 2 aromatic rings. The molecule has 0 aliphatic heterocycles. The number of fused-ring (bicyclic) bond motifs is 1. The maximum Gasteiger partial charge on any atom is 0.416 e. The summed E-state index contributed by atoms with van der Waals surface area (Å²) >= 11 is 0. The smallest absolute Gasteiger partial charge is 0.409 e. The molecule has 0 fully saturated rings. The number of amides is 1. The summed E-state index contributed by atoms with van der Waals surface area (Å²) in [6, 6.07) is 8.59. The lowest BCUT2D eigenvalue weighted by Gasteiger charge is -2.17. The van der Waals surface area contributed by atoms with E-state index >= 15 is 0 Å². The molecular weight excluding hydrogens is 343 g/mol. The third-order valence-electron chi connectivity index (χ3n) is 4.26. The molecule has 136 valence electrons. The van der Waals surface area contributed by atoms with E-state index in [1.54, 1.807) is 0 Å². The lowest BCUT2D eigenvalue weighted by Crippen LogP contribution is -2.27. The molecule has 0 unspecified atom stereocenters. The summed E-state index contributed by atoms with van der Waals surface area (Å²) in [4.78, 5) is 12.1. The van der Waals surface area contributed by atoms with Crippen molar-refractivity contribution < 1.29 is 22.7 Å². The molecule has 3 rings (SSSR count). The van der Waals surface area contributed by atoms with Gasteiger partial charge in [-0.05, 0) is 48.6 Å². The van der Waals surface area contributed by atoms with Crippen LogP contribution in [0.2, 0.25) is 0 Å². The molecule has 0 radical (unpaired) electrons. The zero-order valence-corrected chi connectivity index (χ0v) is 14.2. The van der Waals surface area contributed by atoms with E-state index in [1.165, 1.54) is 12.1 Å². The van der Waals surface area contributed by atoms with Gasteiger partial charge in [-0.3, -0.25) is 0 Å². The van der Waals surface area contributed by atoms with E-state index in [0.29, 0.717) is 11.3 Å². The molecule has 3 nitrogen and oxygen atoms in total. The Hall–Kier alpha value is -2.76. The first-order chi connectivity index (χ1) is 12.3. The van der Waals surface area contributed by atoms with Crippen LogP contribution in [-0.2, 0) is 19.1 Å². The fourth-order valence-corrected chi connectivity index (χ4v) is 2.84. The van der Waals surface area contributed by atoms with Crippen molar-refractivity contribution >= 4 is 12.2 Å². The van der Waals surface area contributed by atoms with E-state index in [0.717, 1.165) is 41.7 Å². The Morgan fingerprint density at radius 2 is 1.88 bits per heavy atom. The van der Waals surface area contributed by atoms with Crippen molar-refractivity contribution in [3.8, 4) is 5.75 Å². The predicted octanol–water partition coefficient (Wildman–Crippen LogP) is 5.26. The molecule has 0 aromatic heterocycles. The molecule has 0 saturated heterocycles. The highest BCUT2D eigenvalue weighted by Gasteiger charge is 2.29. The second-order valence-corrected chi connectivity index (χ2v) is 6.16. The van der Waals surface area contributed by atoms with E-state index < -0.39 is 17.8 Å². The number of ether oxygens (including phenoxy) is 1. The van der Waals surface area contributed by atoms with E-state index in [9.17, 15) is 18.0 Å². The molecule has 1 amide bonds. The number of carbonyl (C=O) groups excluding carboxylic acids is 1. The SMILES string of the molecule is Cc1ccc2c(c1OC(=O)NCc1ccc(C(F)(F)F)cc1)C=CCC2. The number of rotatable bonds is 3. The van der Waals surface area contributed by atoms with Gasteiger partial charge in [-0.25, -0.2) is 4.79 Å². The second-order valence-electron chi connectivity index (χ2n) is 6.16. The van der Waals surface area contributed by atoms with Crippen molar-refractivity contribution in [2.75, 3.05) is 0 Å². The number of allylic oxidation sites excluding steroid dienone is 1. The topological polar surface area (TPSA) is 38.3 Å². The van der Waals surface area contributed by atoms with Crippen LogP contribution in [-0.4, -0.2) is 6.09 Å². The van der Waals surface area contributed by atoms with Crippen molar-refractivity contribution in [1.82, 2.24) is 5.32 Å². The molecular formula is C20H18F3NO2. The van der Waals surface area contributed by atoms with Crippen molar-refractivity contribution in [2.24, 2.45) is 0 Å². The monoisotopic (exact) mass is 361 g/mol. The number of hydrogen-bond donors (Lipinski definition) is 1. The lowest BCUT2D eigenvalue weighted by molar-refractivity contribution is -0.137. The summed E-state index contributed by atoms with van der Waals surface area (Å²) < 4.78 is 43.1. The van der Waals surface area contributed by atoms with Crippen LogP contribution in [0.25, 0.3) is 6.08 Å². The first-order valence-corrected chi connectivity index (χ1v) is 8.25. The van der Waals surface area contributed by atoms with Crippen molar-refractivity contribution in [3.63, 3.8) is 0 Å². The largest absolute Gasteiger partial charge is 0.416 e. The van der Waals surface area contributed by atoms with Gasteiger partial charge in [0.1, 0.15) is 5.75 Å². The van der Waals surface area contributed by atoms with Crippen LogP contribution in [0.15, 0.2) is 42.5 Å². The van der Waals surface area contributed by atoms with Gasteiger partial charge in [-0.1, -0.05) is 36.4 Å². The predicted molar refractivity (Wildman–Crippen MR) is 92.8 cm³/mol. The fourth-order valence-electron chi connectivity index (χ4n) is 2.84. The molecule has 0 spiro atoms. The van der Waals surface area contributed by atoms with Crippen LogP contribution in [0.1, 0.15) is 34.2 Å². The standard InChI is InChI=1S/C20H18F3NO2/c1-13-6-9-15-4-2-3-5-17(15)18(13)26-19(25)24-12-14-7-10-16(11-8-14)20(21,22)23/h3,5-11H,2,4,12H2,1H3,(H,24,25). The van der Waals surface area contributed by atoms with Gasteiger partial charge in [0.25, 0.3) is 0 Å². The first kappa shape index (κ1) is 18.0. The van der Waals surface area contributed by atoms with E-state index in [2.05, 4.69) is 5.32 Å². The third kappa shape index (κ3) is 4.07. The average Bonchev–Trinajstić information content (AvgIpc) is 2.62. The van der Waals surface area contributed by atoms with Crippen LogP contribution in [0.3, 0.4) is 0 Å². The molecule has 0 saturated carbocycles. The number of aryl methyl sites for hydroxylation is 2. The number of alkyl halides is 3. The summed E-state index contributed by atoms with van der Waals surface area (Å²) in [6.45, 7) is 1.95. The van der Waals surface area contributed by atoms with Gasteiger partial charge in [0, 0.05) is 12.1 Å². The summed E-state index contributed by atoms with van der Waals surface area (Å²) in [6.07, 6.45) is 0.826. The molecule has 6 heteroatoms. The van der Waals surface area contributed by atoms with Gasteiger partial charge in [0.2, 0.25) is 0 Å². The summed E-state index contributed by atoms with van der Waals surface area (Å²) in [5.41, 5.74) is 2.72. The molecule has 26 heavy (non-hydrogen) atoms. The molecule has 2 aromatic carbocycles. The summed E-state index contributed by atoms with van der Waals surface area (Å²) in [5.74, 6) is 0.517. The Morgan fingerprint density at radius 3 is 2.58 bits per heavy atom. The van der Waals surface area contributed by atoms with Crippen LogP contribution < -0.4 is 10.1 Å². The number of nitrogens with one attached hydrogen (secondary N) is 1. The van der Waals surface area contributed by atoms with Gasteiger partial charge in [0.15, 0.2) is 0 Å². The highest BCUT2D eigenvalue weighted by molar-refractivity contribution is 5.75. The van der Waals surface area contributed by atoms with Crippen LogP contribution >= 0.6 is 0 Å². The van der Waals surface area contributed by atoms with Crippen LogP contribution in [0, 0.1) is 6.92 Å². The van der Waals surface area contributed by atoms with E-state index in [4.69, 9.17) is 4.74 Å². The molecule has 0 bridgehead atoms. The van der Waals surface area contributed by atoms with Crippen molar-refractivity contribution in [2.45, 2.75) is 32.5 Å². The minimum absolute atomic E-state index is 0.0842.